The molecular formula is C13H10ClF3N2. The van der Waals surface area contributed by atoms with E-state index in [4.69, 9.17) is 11.6 Å². The Morgan fingerprint density at radius 1 is 1.05 bits per heavy atom. The van der Waals surface area contributed by atoms with Crippen LogP contribution in [-0.2, 0) is 6.18 Å². The molecule has 0 N–H and O–H groups in total. The van der Waals surface area contributed by atoms with Gasteiger partial charge in [-0.1, -0.05) is 35.4 Å². The summed E-state index contributed by atoms with van der Waals surface area (Å²) < 4.78 is 37.9. The van der Waals surface area contributed by atoms with Crippen molar-refractivity contribution >= 4 is 11.6 Å². The van der Waals surface area contributed by atoms with E-state index in [2.05, 4.69) is 9.97 Å². The molecule has 6 heteroatoms. The van der Waals surface area contributed by atoms with Crippen molar-refractivity contribution < 1.29 is 13.2 Å². The van der Waals surface area contributed by atoms with Crippen molar-refractivity contribution in [3.63, 3.8) is 0 Å². The molecule has 2 rings (SSSR count). The SMILES string of the molecule is Cc1ccc(-c2cc(Cl)nc(C(F)(F)F)n2)c(C)c1. The minimum Gasteiger partial charge on any atom is -0.224 e. The van der Waals surface area contributed by atoms with E-state index in [-0.39, 0.29) is 10.8 Å². The molecule has 0 atom stereocenters. The maximum atomic E-state index is 12.6. The zero-order chi connectivity index (χ0) is 14.2. The van der Waals surface area contributed by atoms with E-state index in [1.54, 1.807) is 6.07 Å². The molecule has 0 spiro atoms. The third-order valence-corrected chi connectivity index (χ3v) is 2.80. The van der Waals surface area contributed by atoms with Crippen LogP contribution in [0.25, 0.3) is 11.3 Å². The molecule has 0 saturated heterocycles. The molecule has 2 nitrogen and oxygen atoms in total. The van der Waals surface area contributed by atoms with Crippen LogP contribution in [0.2, 0.25) is 5.15 Å². The van der Waals surface area contributed by atoms with Crippen LogP contribution < -0.4 is 0 Å². The van der Waals surface area contributed by atoms with Crippen LogP contribution >= 0.6 is 11.6 Å². The van der Waals surface area contributed by atoms with Crippen LogP contribution in [0.3, 0.4) is 0 Å². The van der Waals surface area contributed by atoms with Crippen LogP contribution in [0.5, 0.6) is 0 Å². The van der Waals surface area contributed by atoms with Gasteiger partial charge >= 0.3 is 6.18 Å². The standard InChI is InChI=1S/C13H10ClF3N2/c1-7-3-4-9(8(2)5-7)10-6-11(14)19-12(18-10)13(15,16)17/h3-6H,1-2H3. The molecule has 0 aliphatic heterocycles. The van der Waals surface area contributed by atoms with Gasteiger partial charge < -0.3 is 0 Å². The van der Waals surface area contributed by atoms with Gasteiger partial charge in [-0.3, -0.25) is 0 Å². The highest BCUT2D eigenvalue weighted by atomic mass is 35.5. The number of aryl methyl sites for hydroxylation is 2. The van der Waals surface area contributed by atoms with Crippen LogP contribution in [0.15, 0.2) is 24.3 Å². The van der Waals surface area contributed by atoms with Crippen LogP contribution in [-0.4, -0.2) is 9.97 Å². The first-order valence-electron chi connectivity index (χ1n) is 5.47. The Morgan fingerprint density at radius 3 is 2.32 bits per heavy atom. The number of benzene rings is 1. The van der Waals surface area contributed by atoms with E-state index in [9.17, 15) is 13.2 Å². The smallest absolute Gasteiger partial charge is 0.224 e. The summed E-state index contributed by atoms with van der Waals surface area (Å²) in [5, 5.41) is -0.225. The van der Waals surface area contributed by atoms with Gasteiger partial charge in [0.05, 0.1) is 5.69 Å². The number of rotatable bonds is 1. The molecule has 0 radical (unpaired) electrons. The topological polar surface area (TPSA) is 25.8 Å². The maximum absolute atomic E-state index is 12.6. The predicted molar refractivity (Wildman–Crippen MR) is 67.0 cm³/mol. The lowest BCUT2D eigenvalue weighted by atomic mass is 10.0. The summed E-state index contributed by atoms with van der Waals surface area (Å²) in [7, 11) is 0. The lowest BCUT2D eigenvalue weighted by Gasteiger charge is -2.10. The van der Waals surface area contributed by atoms with Gasteiger partial charge in [-0.05, 0) is 19.4 Å². The Labute approximate surface area is 113 Å². The van der Waals surface area contributed by atoms with E-state index in [1.165, 1.54) is 6.07 Å². The molecular weight excluding hydrogens is 277 g/mol. The van der Waals surface area contributed by atoms with Crippen molar-refractivity contribution in [2.24, 2.45) is 0 Å². The van der Waals surface area contributed by atoms with Crippen molar-refractivity contribution in [1.82, 2.24) is 9.97 Å². The van der Waals surface area contributed by atoms with Crippen molar-refractivity contribution in [1.29, 1.82) is 0 Å². The fraction of sp³-hybridized carbons (Fsp3) is 0.231. The first-order chi connectivity index (χ1) is 8.77. The highest BCUT2D eigenvalue weighted by molar-refractivity contribution is 6.29. The first kappa shape index (κ1) is 13.8. The monoisotopic (exact) mass is 286 g/mol. The molecule has 100 valence electrons. The van der Waals surface area contributed by atoms with Gasteiger partial charge in [-0.25, -0.2) is 9.97 Å². The quantitative estimate of drug-likeness (QED) is 0.725. The molecule has 0 aliphatic rings. The molecule has 1 aromatic heterocycles. The molecule has 0 aliphatic carbocycles. The Hall–Kier alpha value is -1.62. The first-order valence-corrected chi connectivity index (χ1v) is 5.84. The Balaban J connectivity index is 2.59. The highest BCUT2D eigenvalue weighted by Gasteiger charge is 2.35. The molecule has 2 aromatic rings. The number of halogens is 4. The van der Waals surface area contributed by atoms with Crippen molar-refractivity contribution in [2.75, 3.05) is 0 Å². The number of hydrogen-bond donors (Lipinski definition) is 0. The molecule has 19 heavy (non-hydrogen) atoms. The minimum absolute atomic E-state index is 0.171. The highest BCUT2D eigenvalue weighted by Crippen LogP contribution is 2.30. The minimum atomic E-state index is -4.61. The summed E-state index contributed by atoms with van der Waals surface area (Å²) in [5.41, 5.74) is 2.64. The molecule has 1 heterocycles. The molecule has 0 unspecified atom stereocenters. The summed E-state index contributed by atoms with van der Waals surface area (Å²) in [5.74, 6) is -1.23. The largest absolute Gasteiger partial charge is 0.451 e. The van der Waals surface area contributed by atoms with E-state index < -0.39 is 12.0 Å². The van der Waals surface area contributed by atoms with E-state index in [0.29, 0.717) is 5.56 Å². The second-order valence-electron chi connectivity index (χ2n) is 4.22. The zero-order valence-corrected chi connectivity index (χ0v) is 11.0. The second kappa shape index (κ2) is 4.81. The van der Waals surface area contributed by atoms with Crippen molar-refractivity contribution in [3.05, 3.63) is 46.4 Å². The fourth-order valence-electron chi connectivity index (χ4n) is 1.78. The van der Waals surface area contributed by atoms with Gasteiger partial charge in [0.25, 0.3) is 0 Å². The second-order valence-corrected chi connectivity index (χ2v) is 4.60. The number of hydrogen-bond acceptors (Lipinski definition) is 2. The fourth-order valence-corrected chi connectivity index (χ4v) is 1.97. The van der Waals surface area contributed by atoms with Crippen LogP contribution in [0, 0.1) is 13.8 Å². The maximum Gasteiger partial charge on any atom is 0.451 e. The van der Waals surface area contributed by atoms with Crippen LogP contribution in [0.1, 0.15) is 17.0 Å². The van der Waals surface area contributed by atoms with Gasteiger partial charge in [0.15, 0.2) is 0 Å². The van der Waals surface area contributed by atoms with Gasteiger partial charge in [-0.2, -0.15) is 13.2 Å². The molecule has 0 bridgehead atoms. The van der Waals surface area contributed by atoms with Crippen molar-refractivity contribution in [2.45, 2.75) is 20.0 Å². The lowest BCUT2D eigenvalue weighted by Crippen LogP contribution is -2.11. The third kappa shape index (κ3) is 3.04. The molecule has 0 saturated carbocycles. The van der Waals surface area contributed by atoms with Gasteiger partial charge in [0.1, 0.15) is 5.15 Å². The lowest BCUT2D eigenvalue weighted by molar-refractivity contribution is -0.144. The summed E-state index contributed by atoms with van der Waals surface area (Å²) in [6.45, 7) is 3.72. The Morgan fingerprint density at radius 2 is 1.74 bits per heavy atom. The summed E-state index contributed by atoms with van der Waals surface area (Å²) >= 11 is 5.64. The number of nitrogens with zero attached hydrogens (tertiary/aromatic N) is 2. The van der Waals surface area contributed by atoms with Crippen molar-refractivity contribution in [3.8, 4) is 11.3 Å². The van der Waals surface area contributed by atoms with Gasteiger partial charge in [-0.15, -0.1) is 0 Å². The van der Waals surface area contributed by atoms with E-state index >= 15 is 0 Å². The number of alkyl halides is 3. The van der Waals surface area contributed by atoms with E-state index in [0.717, 1.165) is 11.1 Å². The summed E-state index contributed by atoms with van der Waals surface area (Å²) in [6.07, 6.45) is -4.61. The average Bonchev–Trinajstić information content (AvgIpc) is 2.26. The molecule has 0 fully saturated rings. The molecule has 1 aromatic carbocycles. The van der Waals surface area contributed by atoms with E-state index in [1.807, 2.05) is 26.0 Å². The van der Waals surface area contributed by atoms with Gasteiger partial charge in [0.2, 0.25) is 5.82 Å². The zero-order valence-electron chi connectivity index (χ0n) is 10.2. The third-order valence-electron chi connectivity index (χ3n) is 2.61. The predicted octanol–water partition coefficient (Wildman–Crippen LogP) is 4.43. The summed E-state index contributed by atoms with van der Waals surface area (Å²) in [6, 6.07) is 6.74. The molecule has 0 amide bonds. The number of aromatic nitrogens is 2. The van der Waals surface area contributed by atoms with Crippen LogP contribution in [0.4, 0.5) is 13.2 Å². The summed E-state index contributed by atoms with van der Waals surface area (Å²) in [4.78, 5) is 6.75. The Bertz CT molecular complexity index is 624. The normalized spacial score (nSPS) is 11.7. The average molecular weight is 287 g/mol. The van der Waals surface area contributed by atoms with Gasteiger partial charge in [0, 0.05) is 11.6 Å². The Kier molecular flexibility index (Phi) is 3.49.